The minimum absolute atomic E-state index is 0.294. The van der Waals surface area contributed by atoms with Gasteiger partial charge in [0.25, 0.3) is 0 Å². The summed E-state index contributed by atoms with van der Waals surface area (Å²) in [5.74, 6) is -1.25. The average Bonchev–Trinajstić information content (AvgIpc) is 3.16. The Morgan fingerprint density at radius 1 is 1.11 bits per heavy atom. The van der Waals surface area contributed by atoms with Crippen molar-refractivity contribution >= 4 is 29.1 Å². The van der Waals surface area contributed by atoms with Gasteiger partial charge >= 0.3 is 5.97 Å². The van der Waals surface area contributed by atoms with Gasteiger partial charge in [0.05, 0.1) is 0 Å². The van der Waals surface area contributed by atoms with Gasteiger partial charge in [0.2, 0.25) is 0 Å². The van der Waals surface area contributed by atoms with E-state index in [0.29, 0.717) is 4.91 Å². The van der Waals surface area contributed by atoms with E-state index < -0.39 is 5.97 Å². The third-order valence-corrected chi connectivity index (χ3v) is 7.02. The van der Waals surface area contributed by atoms with Crippen molar-refractivity contribution in [3.63, 3.8) is 0 Å². The molecule has 182 valence electrons. The van der Waals surface area contributed by atoms with Gasteiger partial charge in [-0.15, -0.1) is 0 Å². The molecule has 1 N–H and O–H groups in total. The molecule has 0 bridgehead atoms. The number of hydrogen-bond donors (Lipinski definition) is 1. The number of carbonyl (C=O) groups is 1. The lowest BCUT2D eigenvalue weighted by Gasteiger charge is -2.31. The van der Waals surface area contributed by atoms with E-state index in [4.69, 9.17) is 10.4 Å². The van der Waals surface area contributed by atoms with Gasteiger partial charge in [0.15, 0.2) is 0 Å². The number of anilines is 2. The van der Waals surface area contributed by atoms with Gasteiger partial charge in [-0.05, 0) is 54.3 Å². The number of nitrogens with zero attached hydrogens (tertiary/aromatic N) is 2. The molecule has 0 fully saturated rings. The zero-order valence-electron chi connectivity index (χ0n) is 20.8. The van der Waals surface area contributed by atoms with Gasteiger partial charge in [0.1, 0.15) is 11.6 Å². The lowest BCUT2D eigenvalue weighted by Crippen LogP contribution is -2.21. The topological polar surface area (TPSA) is 64.3 Å². The minimum Gasteiger partial charge on any atom is -0.477 e. The number of para-hydroxylation sites is 1. The Hall–Kier alpha value is -4.01. The predicted octanol–water partition coefficient (Wildman–Crippen LogP) is 8.19. The van der Waals surface area contributed by atoms with Crippen molar-refractivity contribution in [2.24, 2.45) is 0 Å². The van der Waals surface area contributed by atoms with Crippen LogP contribution in [0.5, 0.6) is 0 Å². The number of aliphatic carboxylic acids is 1. The second-order valence-electron chi connectivity index (χ2n) is 8.88. The van der Waals surface area contributed by atoms with Crippen molar-refractivity contribution in [3.8, 4) is 6.07 Å². The van der Waals surface area contributed by atoms with Crippen LogP contribution < -0.4 is 4.90 Å². The maximum Gasteiger partial charge on any atom is 0.346 e. The summed E-state index contributed by atoms with van der Waals surface area (Å²) in [6.45, 7) is 10.3. The van der Waals surface area contributed by atoms with Crippen LogP contribution in [-0.4, -0.2) is 11.1 Å². The van der Waals surface area contributed by atoms with Crippen LogP contribution in [-0.2, 0) is 10.2 Å². The van der Waals surface area contributed by atoms with Crippen molar-refractivity contribution in [3.05, 3.63) is 130 Å². The lowest BCUT2D eigenvalue weighted by atomic mass is 9.79. The van der Waals surface area contributed by atoms with E-state index in [-0.39, 0.29) is 11.0 Å². The van der Waals surface area contributed by atoms with Crippen LogP contribution in [0.4, 0.5) is 11.4 Å². The van der Waals surface area contributed by atoms with Gasteiger partial charge < -0.3 is 10.0 Å². The number of carboxylic acids is 1. The van der Waals surface area contributed by atoms with Gasteiger partial charge in [-0.2, -0.15) is 5.26 Å². The third-order valence-electron chi connectivity index (χ3n) is 6.13. The number of hydrogen-bond acceptors (Lipinski definition) is 4. The molecule has 0 saturated carbocycles. The minimum atomic E-state index is -1.25. The quantitative estimate of drug-likeness (QED) is 0.216. The standard InChI is InChI=1S/C31H30N2O2S/c1-23(22-36-24(2)19-25(21-32)30(34)35)31(3,4)26-13-12-18-29(20-26)33(28-16-10-7-11-17-28)27-14-8-5-6-9-15-27/h5-14,16-20,22H,2,15H2,1,3-4H3,(H,34,35)/b23-22+,25-19+. The molecule has 4 nitrogen and oxygen atoms in total. The fraction of sp³-hybridized carbons (Fsp3) is 0.161. The highest BCUT2D eigenvalue weighted by Gasteiger charge is 2.24. The molecule has 0 heterocycles. The summed E-state index contributed by atoms with van der Waals surface area (Å²) in [4.78, 5) is 13.9. The molecule has 0 spiro atoms. The predicted molar refractivity (Wildman–Crippen MR) is 151 cm³/mol. The summed E-state index contributed by atoms with van der Waals surface area (Å²) in [7, 11) is 0. The molecule has 0 aromatic heterocycles. The highest BCUT2D eigenvalue weighted by molar-refractivity contribution is 8.06. The first-order valence-electron chi connectivity index (χ1n) is 11.6. The van der Waals surface area contributed by atoms with Crippen LogP contribution in [0, 0.1) is 11.3 Å². The van der Waals surface area contributed by atoms with Crippen LogP contribution in [0.2, 0.25) is 0 Å². The number of allylic oxidation sites excluding steroid dienone is 7. The van der Waals surface area contributed by atoms with E-state index in [1.807, 2.05) is 29.7 Å². The molecule has 0 unspecified atom stereocenters. The highest BCUT2D eigenvalue weighted by Crippen LogP contribution is 2.38. The van der Waals surface area contributed by atoms with Crippen molar-refractivity contribution in [2.45, 2.75) is 32.6 Å². The first kappa shape index (κ1) is 26.6. The molecular weight excluding hydrogens is 464 g/mol. The monoisotopic (exact) mass is 494 g/mol. The van der Waals surface area contributed by atoms with Crippen LogP contribution in [0.1, 0.15) is 32.8 Å². The fourth-order valence-electron chi connectivity index (χ4n) is 3.70. The van der Waals surface area contributed by atoms with E-state index in [2.05, 4.69) is 93.0 Å². The number of benzene rings is 2. The van der Waals surface area contributed by atoms with Crippen molar-refractivity contribution in [1.82, 2.24) is 0 Å². The molecule has 0 aliphatic heterocycles. The van der Waals surface area contributed by atoms with Crippen LogP contribution >= 0.6 is 11.8 Å². The lowest BCUT2D eigenvalue weighted by molar-refractivity contribution is -0.132. The van der Waals surface area contributed by atoms with E-state index in [0.717, 1.165) is 28.9 Å². The fourth-order valence-corrected chi connectivity index (χ4v) is 4.51. The Morgan fingerprint density at radius 2 is 1.83 bits per heavy atom. The molecular formula is C31H30N2O2S. The Balaban J connectivity index is 1.94. The molecule has 1 aliphatic carbocycles. The van der Waals surface area contributed by atoms with Gasteiger partial charge in [-0.1, -0.05) is 92.4 Å². The maximum absolute atomic E-state index is 11.1. The Kier molecular flexibility index (Phi) is 8.94. The van der Waals surface area contributed by atoms with Crippen molar-refractivity contribution in [1.29, 1.82) is 5.26 Å². The molecule has 0 saturated heterocycles. The molecule has 0 amide bonds. The van der Waals surface area contributed by atoms with Gasteiger partial charge in [0, 0.05) is 33.8 Å². The number of rotatable bonds is 9. The Bertz CT molecular complexity index is 1320. The molecule has 3 rings (SSSR count). The normalized spacial score (nSPS) is 14.0. The molecule has 0 atom stereocenters. The molecule has 2 aromatic carbocycles. The first-order valence-corrected chi connectivity index (χ1v) is 12.5. The largest absolute Gasteiger partial charge is 0.477 e. The number of carboxylic acid groups (broad SMARTS) is 1. The van der Waals surface area contributed by atoms with E-state index in [1.165, 1.54) is 23.5 Å². The maximum atomic E-state index is 11.1. The SMILES string of the molecule is C=C(/C=C(\C#N)C(=O)O)S/C=C(\C)C(C)(C)c1cccc(N(C2=CC=CC=CC2)c2ccccc2)c1. The van der Waals surface area contributed by atoms with Crippen LogP contribution in [0.15, 0.2) is 125 Å². The van der Waals surface area contributed by atoms with Gasteiger partial charge in [-0.3, -0.25) is 0 Å². The second-order valence-corrected chi connectivity index (χ2v) is 9.88. The third kappa shape index (κ3) is 6.56. The van der Waals surface area contributed by atoms with E-state index in [9.17, 15) is 4.79 Å². The summed E-state index contributed by atoms with van der Waals surface area (Å²) in [6.07, 6.45) is 12.6. The van der Waals surface area contributed by atoms with E-state index >= 15 is 0 Å². The number of nitriles is 1. The second kappa shape index (κ2) is 12.1. The summed E-state index contributed by atoms with van der Waals surface area (Å²) in [5.41, 5.74) is 4.98. The summed E-state index contributed by atoms with van der Waals surface area (Å²) in [5, 5.41) is 20.0. The molecule has 2 aromatic rings. The van der Waals surface area contributed by atoms with Crippen LogP contribution in [0.3, 0.4) is 0 Å². The van der Waals surface area contributed by atoms with Crippen LogP contribution in [0.25, 0.3) is 0 Å². The molecule has 0 radical (unpaired) electrons. The van der Waals surface area contributed by atoms with Gasteiger partial charge in [-0.25, -0.2) is 4.79 Å². The summed E-state index contributed by atoms with van der Waals surface area (Å²) in [6, 6.07) is 20.6. The highest BCUT2D eigenvalue weighted by atomic mass is 32.2. The van der Waals surface area contributed by atoms with E-state index in [1.54, 1.807) is 6.07 Å². The van der Waals surface area contributed by atoms with Crippen molar-refractivity contribution in [2.75, 3.05) is 4.90 Å². The molecule has 5 heteroatoms. The summed E-state index contributed by atoms with van der Waals surface area (Å²) < 4.78 is 0. The molecule has 36 heavy (non-hydrogen) atoms. The molecule has 1 aliphatic rings. The average molecular weight is 495 g/mol. The van der Waals surface area contributed by atoms with Crippen molar-refractivity contribution < 1.29 is 9.90 Å². The Morgan fingerprint density at radius 3 is 2.53 bits per heavy atom. The zero-order chi connectivity index (χ0) is 26.1. The Labute approximate surface area is 218 Å². The zero-order valence-corrected chi connectivity index (χ0v) is 21.6. The smallest absolute Gasteiger partial charge is 0.346 e. The first-order chi connectivity index (χ1) is 17.2. The summed E-state index contributed by atoms with van der Waals surface area (Å²) >= 11 is 1.32. The number of thioether (sulfide) groups is 1.